The largest absolute Gasteiger partial charge is 0.394 e. The van der Waals surface area contributed by atoms with Gasteiger partial charge in [0.25, 0.3) is 0 Å². The molecule has 1 aliphatic carbocycles. The normalized spacial score (nSPS) is 32.2. The van der Waals surface area contributed by atoms with Gasteiger partial charge in [-0.2, -0.15) is 0 Å². The van der Waals surface area contributed by atoms with E-state index >= 15 is 0 Å². The van der Waals surface area contributed by atoms with E-state index in [1.54, 1.807) is 0 Å². The highest BCUT2D eigenvalue weighted by molar-refractivity contribution is 4.70. The maximum atomic E-state index is 8.54. The third kappa shape index (κ3) is 3.21. The van der Waals surface area contributed by atoms with Crippen LogP contribution in [0.25, 0.3) is 0 Å². The molecule has 2 unspecified atom stereocenters. The van der Waals surface area contributed by atoms with Crippen molar-refractivity contribution in [3.05, 3.63) is 0 Å². The van der Waals surface area contributed by atoms with Crippen molar-refractivity contribution in [1.29, 1.82) is 0 Å². The van der Waals surface area contributed by atoms with Crippen molar-refractivity contribution >= 4 is 0 Å². The molecule has 1 saturated carbocycles. The molecule has 11 heavy (non-hydrogen) atoms. The Labute approximate surface area is 68.6 Å². The van der Waals surface area contributed by atoms with E-state index in [0.29, 0.717) is 12.7 Å². The predicted molar refractivity (Wildman–Crippen MR) is 44.5 cm³/mol. The lowest BCUT2D eigenvalue weighted by atomic mass is 9.89. The molecular formula is C9H18O2. The molecule has 0 heterocycles. The van der Waals surface area contributed by atoms with E-state index in [1.807, 2.05) is 0 Å². The summed E-state index contributed by atoms with van der Waals surface area (Å²) in [6, 6.07) is 0. The molecule has 2 heteroatoms. The van der Waals surface area contributed by atoms with Gasteiger partial charge in [0.2, 0.25) is 0 Å². The summed E-state index contributed by atoms with van der Waals surface area (Å²) in [4.78, 5) is 0. The predicted octanol–water partition coefficient (Wildman–Crippen LogP) is 1.57. The zero-order valence-electron chi connectivity index (χ0n) is 7.25. The van der Waals surface area contributed by atoms with Gasteiger partial charge in [0.15, 0.2) is 0 Å². The highest BCUT2D eigenvalue weighted by Gasteiger charge is 2.18. The molecule has 0 bridgehead atoms. The van der Waals surface area contributed by atoms with Crippen molar-refractivity contribution in [2.45, 2.75) is 38.7 Å². The molecule has 0 aromatic heterocycles. The van der Waals surface area contributed by atoms with Crippen molar-refractivity contribution in [1.82, 2.24) is 0 Å². The quantitative estimate of drug-likeness (QED) is 0.675. The SMILES string of the molecule is CC1CCCC(OCCO)C1. The lowest BCUT2D eigenvalue weighted by Gasteiger charge is -2.26. The minimum absolute atomic E-state index is 0.158. The van der Waals surface area contributed by atoms with Crippen LogP contribution in [0.5, 0.6) is 0 Å². The molecule has 1 rings (SSSR count). The number of ether oxygens (including phenoxy) is 1. The number of aliphatic hydroxyl groups is 1. The second kappa shape index (κ2) is 4.73. The Kier molecular flexibility index (Phi) is 3.87. The van der Waals surface area contributed by atoms with Crippen LogP contribution in [0.15, 0.2) is 0 Å². The second-order valence-electron chi connectivity index (χ2n) is 3.49. The van der Waals surface area contributed by atoms with Gasteiger partial charge in [0, 0.05) is 0 Å². The monoisotopic (exact) mass is 158 g/mol. The Bertz CT molecular complexity index is 104. The van der Waals surface area contributed by atoms with Crippen LogP contribution in [0, 0.1) is 5.92 Å². The Morgan fingerprint density at radius 2 is 2.27 bits per heavy atom. The van der Waals surface area contributed by atoms with Crippen LogP contribution in [-0.4, -0.2) is 24.4 Å². The molecule has 0 radical (unpaired) electrons. The van der Waals surface area contributed by atoms with Gasteiger partial charge < -0.3 is 9.84 Å². The van der Waals surface area contributed by atoms with Crippen molar-refractivity contribution in [2.24, 2.45) is 5.92 Å². The van der Waals surface area contributed by atoms with Gasteiger partial charge in [-0.3, -0.25) is 0 Å². The van der Waals surface area contributed by atoms with E-state index in [1.165, 1.54) is 25.7 Å². The fourth-order valence-electron chi connectivity index (χ4n) is 1.75. The van der Waals surface area contributed by atoms with Crippen molar-refractivity contribution in [3.8, 4) is 0 Å². The molecule has 0 saturated heterocycles. The Morgan fingerprint density at radius 3 is 2.91 bits per heavy atom. The fraction of sp³-hybridized carbons (Fsp3) is 1.00. The van der Waals surface area contributed by atoms with Crippen LogP contribution in [0.4, 0.5) is 0 Å². The first-order valence-corrected chi connectivity index (χ1v) is 4.55. The minimum atomic E-state index is 0.158. The number of hydrogen-bond donors (Lipinski definition) is 1. The summed E-state index contributed by atoms with van der Waals surface area (Å²) in [5, 5.41) is 8.54. The van der Waals surface area contributed by atoms with Crippen molar-refractivity contribution < 1.29 is 9.84 Å². The van der Waals surface area contributed by atoms with Gasteiger partial charge >= 0.3 is 0 Å². The van der Waals surface area contributed by atoms with E-state index in [-0.39, 0.29) is 6.61 Å². The summed E-state index contributed by atoms with van der Waals surface area (Å²) >= 11 is 0. The molecule has 0 amide bonds. The number of rotatable bonds is 3. The molecule has 66 valence electrons. The summed E-state index contributed by atoms with van der Waals surface area (Å²) in [6.45, 7) is 2.94. The molecule has 1 fully saturated rings. The van der Waals surface area contributed by atoms with Gasteiger partial charge in [-0.05, 0) is 18.8 Å². The van der Waals surface area contributed by atoms with Crippen LogP contribution >= 0.6 is 0 Å². The van der Waals surface area contributed by atoms with E-state index < -0.39 is 0 Å². The highest BCUT2D eigenvalue weighted by atomic mass is 16.5. The summed E-state index contributed by atoms with van der Waals surface area (Å²) in [7, 11) is 0. The summed E-state index contributed by atoms with van der Waals surface area (Å²) in [6.07, 6.45) is 5.42. The molecule has 2 atom stereocenters. The lowest BCUT2D eigenvalue weighted by Crippen LogP contribution is -2.22. The summed E-state index contributed by atoms with van der Waals surface area (Å²) < 4.78 is 5.45. The molecule has 0 spiro atoms. The molecule has 1 N–H and O–H groups in total. The van der Waals surface area contributed by atoms with Crippen LogP contribution in [0.2, 0.25) is 0 Å². The van der Waals surface area contributed by atoms with Crippen LogP contribution in [0.1, 0.15) is 32.6 Å². The topological polar surface area (TPSA) is 29.5 Å². The Hall–Kier alpha value is -0.0800. The highest BCUT2D eigenvalue weighted by Crippen LogP contribution is 2.25. The van der Waals surface area contributed by atoms with Gasteiger partial charge in [-0.15, -0.1) is 0 Å². The van der Waals surface area contributed by atoms with E-state index in [9.17, 15) is 0 Å². The number of aliphatic hydroxyl groups excluding tert-OH is 1. The summed E-state index contributed by atoms with van der Waals surface area (Å²) in [5.74, 6) is 0.812. The molecule has 2 nitrogen and oxygen atoms in total. The Balaban J connectivity index is 2.12. The molecular weight excluding hydrogens is 140 g/mol. The maximum absolute atomic E-state index is 8.54. The maximum Gasteiger partial charge on any atom is 0.0701 e. The zero-order valence-corrected chi connectivity index (χ0v) is 7.25. The molecule has 0 aromatic carbocycles. The lowest BCUT2D eigenvalue weighted by molar-refractivity contribution is -0.00172. The second-order valence-corrected chi connectivity index (χ2v) is 3.49. The zero-order chi connectivity index (χ0) is 8.10. The Morgan fingerprint density at radius 1 is 1.45 bits per heavy atom. The average Bonchev–Trinajstić information content (AvgIpc) is 2.01. The van der Waals surface area contributed by atoms with Crippen LogP contribution < -0.4 is 0 Å². The van der Waals surface area contributed by atoms with Gasteiger partial charge in [-0.25, -0.2) is 0 Å². The average molecular weight is 158 g/mol. The van der Waals surface area contributed by atoms with E-state index in [0.717, 1.165) is 5.92 Å². The molecule has 1 aliphatic rings. The van der Waals surface area contributed by atoms with E-state index in [2.05, 4.69) is 6.92 Å². The molecule has 0 aromatic rings. The standard InChI is InChI=1S/C9H18O2/c1-8-3-2-4-9(7-8)11-6-5-10/h8-10H,2-7H2,1H3. The summed E-state index contributed by atoms with van der Waals surface area (Å²) in [5.41, 5.74) is 0. The first-order chi connectivity index (χ1) is 5.33. The van der Waals surface area contributed by atoms with Gasteiger partial charge in [0.1, 0.15) is 0 Å². The smallest absolute Gasteiger partial charge is 0.0701 e. The van der Waals surface area contributed by atoms with Crippen molar-refractivity contribution in [2.75, 3.05) is 13.2 Å². The van der Waals surface area contributed by atoms with Gasteiger partial charge in [0.05, 0.1) is 19.3 Å². The van der Waals surface area contributed by atoms with E-state index in [4.69, 9.17) is 9.84 Å². The van der Waals surface area contributed by atoms with Gasteiger partial charge in [-0.1, -0.05) is 19.8 Å². The first kappa shape index (κ1) is 9.01. The first-order valence-electron chi connectivity index (χ1n) is 4.55. The third-order valence-corrected chi connectivity index (χ3v) is 2.33. The van der Waals surface area contributed by atoms with Crippen LogP contribution in [-0.2, 0) is 4.74 Å². The van der Waals surface area contributed by atoms with Crippen LogP contribution in [0.3, 0.4) is 0 Å². The number of hydrogen-bond acceptors (Lipinski definition) is 2. The third-order valence-electron chi connectivity index (χ3n) is 2.33. The molecule has 0 aliphatic heterocycles. The fourth-order valence-corrected chi connectivity index (χ4v) is 1.75. The van der Waals surface area contributed by atoms with Crippen molar-refractivity contribution in [3.63, 3.8) is 0 Å². The minimum Gasteiger partial charge on any atom is -0.394 e.